The number of rotatable bonds is 5. The molecule has 3 heterocycles. The molecule has 1 aromatic heterocycles. The van der Waals surface area contributed by atoms with Crippen LogP contribution in [0.5, 0.6) is 0 Å². The molecule has 27 heavy (non-hydrogen) atoms. The number of aromatic nitrogens is 2. The zero-order valence-corrected chi connectivity index (χ0v) is 16.5. The van der Waals surface area contributed by atoms with Gasteiger partial charge in [0.15, 0.2) is 0 Å². The quantitative estimate of drug-likeness (QED) is 0.859. The molecule has 0 spiro atoms. The second-order valence-corrected chi connectivity index (χ2v) is 8.00. The van der Waals surface area contributed by atoms with Crippen LogP contribution in [0.1, 0.15) is 40.9 Å². The van der Waals surface area contributed by atoms with Crippen molar-refractivity contribution in [2.45, 2.75) is 44.3 Å². The topological polar surface area (TPSA) is 50.2 Å². The van der Waals surface area contributed by atoms with E-state index >= 15 is 0 Å². The number of hydrogen-bond acceptors (Lipinski definition) is 3. The van der Waals surface area contributed by atoms with E-state index in [0.29, 0.717) is 17.8 Å². The Balaban J connectivity index is 1.38. The van der Waals surface area contributed by atoms with Gasteiger partial charge >= 0.3 is 0 Å². The van der Waals surface area contributed by atoms with E-state index in [-0.39, 0.29) is 11.9 Å². The van der Waals surface area contributed by atoms with E-state index in [2.05, 4.69) is 27.5 Å². The van der Waals surface area contributed by atoms with Crippen molar-refractivity contribution >= 4 is 23.6 Å². The van der Waals surface area contributed by atoms with Gasteiger partial charge in [-0.25, -0.2) is 0 Å². The lowest BCUT2D eigenvalue weighted by molar-refractivity contribution is 0.0916. The Morgan fingerprint density at radius 3 is 2.81 bits per heavy atom. The van der Waals surface area contributed by atoms with Gasteiger partial charge in [0.05, 0.1) is 6.20 Å². The number of aryl methyl sites for hydroxylation is 2. The lowest BCUT2D eigenvalue weighted by Gasteiger charge is -2.24. The third-order valence-corrected chi connectivity index (χ3v) is 6.08. The van der Waals surface area contributed by atoms with Crippen molar-refractivity contribution in [3.05, 3.63) is 58.4 Å². The molecule has 0 radical (unpaired) electrons. The first kappa shape index (κ1) is 18.3. The molecule has 0 unspecified atom stereocenters. The highest BCUT2D eigenvalue weighted by Crippen LogP contribution is 2.37. The molecule has 2 aromatic rings. The second kappa shape index (κ2) is 7.49. The highest BCUT2D eigenvalue weighted by Gasteiger charge is 2.46. The van der Waals surface area contributed by atoms with Crippen LogP contribution in [0.3, 0.4) is 0 Å². The fraction of sp³-hybridized carbons (Fsp3) is 0.429. The van der Waals surface area contributed by atoms with Crippen LogP contribution in [0.2, 0.25) is 5.02 Å². The van der Waals surface area contributed by atoms with Gasteiger partial charge in [0.25, 0.3) is 5.91 Å². The Bertz CT molecular complexity index is 838. The van der Waals surface area contributed by atoms with Crippen molar-refractivity contribution < 1.29 is 4.79 Å². The molecule has 5 nitrogen and oxygen atoms in total. The Hall–Kier alpha value is -2.11. The highest BCUT2D eigenvalue weighted by atomic mass is 35.5. The van der Waals surface area contributed by atoms with Gasteiger partial charge in [-0.2, -0.15) is 5.10 Å². The number of amides is 1. The van der Waals surface area contributed by atoms with Crippen molar-refractivity contribution in [1.29, 1.82) is 0 Å². The van der Waals surface area contributed by atoms with Crippen molar-refractivity contribution in [2.24, 2.45) is 7.05 Å². The summed E-state index contributed by atoms with van der Waals surface area (Å²) in [4.78, 5) is 15.2. The zero-order chi connectivity index (χ0) is 19.0. The average Bonchev–Trinajstić information content (AvgIpc) is 3.29. The first-order valence-corrected chi connectivity index (χ1v) is 9.88. The Morgan fingerprint density at radius 2 is 2.11 bits per heavy atom. The molecule has 2 fully saturated rings. The standard InChI is InChI=1S/C21H25ClN4O/c1-14-13-23-25(2)20(14)21(27)24-18-12-17-9-10-19(18)26(17)11-3-4-15-5-7-16(22)8-6-15/h3-8,13,17-19H,9-12H2,1-2H3,(H,24,27)/b4-3+/t17-,18+,19+/m0/s1. The third-order valence-electron chi connectivity index (χ3n) is 5.83. The molecule has 3 atom stereocenters. The normalized spacial score (nSPS) is 24.8. The maximum absolute atomic E-state index is 12.7. The maximum atomic E-state index is 12.7. The summed E-state index contributed by atoms with van der Waals surface area (Å²) in [7, 11) is 1.82. The van der Waals surface area contributed by atoms with Crippen LogP contribution in [0.4, 0.5) is 0 Å². The van der Waals surface area contributed by atoms with Gasteiger partial charge in [0, 0.05) is 36.7 Å². The molecule has 4 rings (SSSR count). The first-order chi connectivity index (χ1) is 13.0. The molecular formula is C21H25ClN4O. The molecule has 1 amide bonds. The van der Waals surface area contributed by atoms with Gasteiger partial charge < -0.3 is 5.32 Å². The first-order valence-electron chi connectivity index (χ1n) is 9.50. The molecule has 6 heteroatoms. The monoisotopic (exact) mass is 384 g/mol. The third kappa shape index (κ3) is 3.66. The molecule has 1 N–H and O–H groups in total. The van der Waals surface area contributed by atoms with Crippen LogP contribution in [0, 0.1) is 6.92 Å². The van der Waals surface area contributed by atoms with E-state index in [9.17, 15) is 4.79 Å². The molecule has 142 valence electrons. The van der Waals surface area contributed by atoms with Gasteiger partial charge in [-0.1, -0.05) is 35.9 Å². The summed E-state index contributed by atoms with van der Waals surface area (Å²) in [5.74, 6) is -0.0123. The summed E-state index contributed by atoms with van der Waals surface area (Å²) in [6.45, 7) is 2.84. The van der Waals surface area contributed by atoms with Crippen LogP contribution in [0.25, 0.3) is 6.08 Å². The van der Waals surface area contributed by atoms with Crippen molar-refractivity contribution in [1.82, 2.24) is 20.0 Å². The van der Waals surface area contributed by atoms with Crippen LogP contribution < -0.4 is 5.32 Å². The minimum Gasteiger partial charge on any atom is -0.346 e. The molecule has 2 aliphatic rings. The summed E-state index contributed by atoms with van der Waals surface area (Å²) in [5, 5.41) is 8.19. The molecule has 2 bridgehead atoms. The van der Waals surface area contributed by atoms with E-state index in [0.717, 1.165) is 35.5 Å². The molecule has 1 aromatic carbocycles. The second-order valence-electron chi connectivity index (χ2n) is 7.56. The number of nitrogens with zero attached hydrogens (tertiary/aromatic N) is 3. The van der Waals surface area contributed by atoms with Crippen LogP contribution in [-0.2, 0) is 7.05 Å². The highest BCUT2D eigenvalue weighted by molar-refractivity contribution is 6.30. The zero-order valence-electron chi connectivity index (χ0n) is 15.7. The molecule has 0 saturated carbocycles. The summed E-state index contributed by atoms with van der Waals surface area (Å²) in [6.07, 6.45) is 9.49. The SMILES string of the molecule is Cc1cnn(C)c1C(=O)N[C@@H]1C[C@@H]2CC[C@H]1N2C/C=C/c1ccc(Cl)cc1. The van der Waals surface area contributed by atoms with Crippen molar-refractivity contribution in [3.8, 4) is 0 Å². The van der Waals surface area contributed by atoms with Crippen LogP contribution in [-0.4, -0.2) is 45.3 Å². The predicted molar refractivity (Wildman–Crippen MR) is 108 cm³/mol. The van der Waals surface area contributed by atoms with Gasteiger partial charge in [-0.05, 0) is 49.4 Å². The van der Waals surface area contributed by atoms with E-state index in [1.807, 2.05) is 38.2 Å². The Labute approximate surface area is 165 Å². The summed E-state index contributed by atoms with van der Waals surface area (Å²) in [5.41, 5.74) is 2.73. The van der Waals surface area contributed by atoms with E-state index < -0.39 is 0 Å². The maximum Gasteiger partial charge on any atom is 0.270 e. The number of carbonyl (C=O) groups excluding carboxylic acids is 1. The molecule has 0 aliphatic carbocycles. The van der Waals surface area contributed by atoms with Gasteiger partial charge in [-0.3, -0.25) is 14.4 Å². The van der Waals surface area contributed by atoms with Crippen molar-refractivity contribution in [3.63, 3.8) is 0 Å². The summed E-state index contributed by atoms with van der Waals surface area (Å²) >= 11 is 5.94. The van der Waals surface area contributed by atoms with Crippen LogP contribution >= 0.6 is 11.6 Å². The van der Waals surface area contributed by atoms with E-state index in [4.69, 9.17) is 11.6 Å². The van der Waals surface area contributed by atoms with E-state index in [1.165, 1.54) is 6.42 Å². The van der Waals surface area contributed by atoms with Gasteiger partial charge in [0.1, 0.15) is 5.69 Å². The number of carbonyl (C=O) groups is 1. The number of fused-ring (bicyclic) bond motifs is 2. The lowest BCUT2D eigenvalue weighted by atomic mass is 9.95. The molecule has 2 saturated heterocycles. The fourth-order valence-electron chi connectivity index (χ4n) is 4.54. The summed E-state index contributed by atoms with van der Waals surface area (Å²) < 4.78 is 1.66. The fourth-order valence-corrected chi connectivity index (χ4v) is 4.66. The predicted octanol–water partition coefficient (Wildman–Crippen LogP) is 3.43. The van der Waals surface area contributed by atoms with Crippen LogP contribution in [0.15, 0.2) is 36.5 Å². The smallest absolute Gasteiger partial charge is 0.270 e. The van der Waals surface area contributed by atoms with Gasteiger partial charge in [-0.15, -0.1) is 0 Å². The number of benzene rings is 1. The Morgan fingerprint density at radius 1 is 1.33 bits per heavy atom. The molecular weight excluding hydrogens is 360 g/mol. The lowest BCUT2D eigenvalue weighted by Crippen LogP contribution is -2.44. The number of halogens is 1. The van der Waals surface area contributed by atoms with Gasteiger partial charge in [0.2, 0.25) is 0 Å². The van der Waals surface area contributed by atoms with E-state index in [1.54, 1.807) is 10.9 Å². The number of hydrogen-bond donors (Lipinski definition) is 1. The average molecular weight is 385 g/mol. The minimum atomic E-state index is -0.0123. The number of nitrogens with one attached hydrogen (secondary N) is 1. The largest absolute Gasteiger partial charge is 0.346 e. The molecule has 2 aliphatic heterocycles. The Kier molecular flexibility index (Phi) is 5.06. The summed E-state index contributed by atoms with van der Waals surface area (Å²) in [6, 6.07) is 9.06. The minimum absolute atomic E-state index is 0.0123. The van der Waals surface area contributed by atoms with Crippen molar-refractivity contribution in [2.75, 3.05) is 6.54 Å².